The maximum atomic E-state index is 12.5. The molecule has 1 N–H and O–H groups in total. The number of carbonyl (C=O) groups is 2. The Morgan fingerprint density at radius 2 is 1.85 bits per heavy atom. The first-order valence-electron chi connectivity index (χ1n) is 8.02. The van der Waals surface area contributed by atoms with E-state index in [0.717, 1.165) is 12.5 Å². The molecule has 0 aromatic heterocycles. The van der Waals surface area contributed by atoms with Gasteiger partial charge in [0, 0.05) is 13.5 Å². The Balaban J connectivity index is 1.86. The number of nitrogens with one attached hydrogen (secondary N) is 1. The van der Waals surface area contributed by atoms with Crippen LogP contribution in [0.4, 0.5) is 10.5 Å². The molecule has 0 saturated heterocycles. The largest absolute Gasteiger partial charge is 0.444 e. The third-order valence-corrected chi connectivity index (χ3v) is 5.42. The van der Waals surface area contributed by atoms with E-state index in [0.29, 0.717) is 18.5 Å². The maximum absolute atomic E-state index is 12.5. The molecule has 136 valence electrons. The Kier molecular flexibility index (Phi) is 4.94. The van der Waals surface area contributed by atoms with Gasteiger partial charge in [-0.25, -0.2) is 17.9 Å². The van der Waals surface area contributed by atoms with Crippen LogP contribution in [0.3, 0.4) is 0 Å². The zero-order valence-electron chi connectivity index (χ0n) is 14.1. The summed E-state index contributed by atoms with van der Waals surface area (Å²) in [5, 5.41) is 0. The van der Waals surface area contributed by atoms with Crippen LogP contribution < -0.4 is 9.62 Å². The molecule has 2 amide bonds. The highest BCUT2D eigenvalue weighted by molar-refractivity contribution is 7.90. The SMILES string of the molecule is CC(=O)NS(=O)(=O)c1cccc2c1N(C(=O)OCc1ccccc1)CC2. The minimum atomic E-state index is -4.07. The van der Waals surface area contributed by atoms with Crippen LogP contribution in [0.25, 0.3) is 0 Å². The van der Waals surface area contributed by atoms with Crippen molar-refractivity contribution in [3.8, 4) is 0 Å². The normalized spacial score (nSPS) is 13.2. The fourth-order valence-corrected chi connectivity index (χ4v) is 4.10. The van der Waals surface area contributed by atoms with Gasteiger partial charge in [0.1, 0.15) is 11.5 Å². The van der Waals surface area contributed by atoms with E-state index >= 15 is 0 Å². The molecule has 0 radical (unpaired) electrons. The molecular weight excluding hydrogens is 356 g/mol. The lowest BCUT2D eigenvalue weighted by Gasteiger charge is -2.20. The molecule has 1 heterocycles. The zero-order valence-corrected chi connectivity index (χ0v) is 15.0. The number of para-hydroxylation sites is 1. The smallest absolute Gasteiger partial charge is 0.414 e. The third-order valence-electron chi connectivity index (χ3n) is 3.95. The van der Waals surface area contributed by atoms with Gasteiger partial charge in [-0.3, -0.25) is 9.69 Å². The Morgan fingerprint density at radius 1 is 1.12 bits per heavy atom. The van der Waals surface area contributed by atoms with Crippen molar-refractivity contribution < 1.29 is 22.7 Å². The molecule has 0 spiro atoms. The van der Waals surface area contributed by atoms with E-state index in [1.165, 1.54) is 11.0 Å². The van der Waals surface area contributed by atoms with Crippen LogP contribution in [0.1, 0.15) is 18.1 Å². The molecule has 7 nitrogen and oxygen atoms in total. The lowest BCUT2D eigenvalue weighted by molar-refractivity contribution is -0.117. The maximum Gasteiger partial charge on any atom is 0.414 e. The number of rotatable bonds is 4. The van der Waals surface area contributed by atoms with Gasteiger partial charge in [-0.15, -0.1) is 0 Å². The minimum absolute atomic E-state index is 0.0894. The fraction of sp³-hybridized carbons (Fsp3) is 0.222. The molecule has 3 rings (SSSR count). The number of carbonyl (C=O) groups excluding carboxylic acids is 2. The van der Waals surface area contributed by atoms with Crippen molar-refractivity contribution in [2.45, 2.75) is 24.8 Å². The van der Waals surface area contributed by atoms with Gasteiger partial charge in [-0.05, 0) is 23.6 Å². The van der Waals surface area contributed by atoms with Crippen molar-refractivity contribution >= 4 is 27.7 Å². The zero-order chi connectivity index (χ0) is 18.7. The first kappa shape index (κ1) is 17.9. The third kappa shape index (κ3) is 3.70. The fourth-order valence-electron chi connectivity index (χ4n) is 2.86. The predicted octanol–water partition coefficient (Wildman–Crippen LogP) is 2.21. The molecule has 26 heavy (non-hydrogen) atoms. The first-order chi connectivity index (χ1) is 12.4. The van der Waals surface area contributed by atoms with Crippen LogP contribution in [0.15, 0.2) is 53.4 Å². The first-order valence-corrected chi connectivity index (χ1v) is 9.50. The lowest BCUT2D eigenvalue weighted by Crippen LogP contribution is -2.33. The quantitative estimate of drug-likeness (QED) is 0.886. The average Bonchev–Trinajstić information content (AvgIpc) is 3.03. The molecule has 1 aliphatic heterocycles. The van der Waals surface area contributed by atoms with Gasteiger partial charge in [0.2, 0.25) is 5.91 Å². The highest BCUT2D eigenvalue weighted by Gasteiger charge is 2.33. The van der Waals surface area contributed by atoms with Crippen LogP contribution in [0.2, 0.25) is 0 Å². The molecule has 0 fully saturated rings. The second kappa shape index (κ2) is 7.17. The Morgan fingerprint density at radius 3 is 2.54 bits per heavy atom. The standard InChI is InChI=1S/C18H18N2O5S/c1-13(21)19-26(23,24)16-9-5-8-15-10-11-20(17(15)16)18(22)25-12-14-6-3-2-4-7-14/h2-9H,10-12H2,1H3,(H,19,21). The molecule has 0 atom stereocenters. The summed E-state index contributed by atoms with van der Waals surface area (Å²) in [7, 11) is -4.07. The highest BCUT2D eigenvalue weighted by Crippen LogP contribution is 2.35. The van der Waals surface area contributed by atoms with Gasteiger partial charge in [0.05, 0.1) is 5.69 Å². The lowest BCUT2D eigenvalue weighted by atomic mass is 10.2. The summed E-state index contributed by atoms with van der Waals surface area (Å²) in [6, 6.07) is 13.9. The summed E-state index contributed by atoms with van der Waals surface area (Å²) in [6.45, 7) is 1.52. The van der Waals surface area contributed by atoms with E-state index in [9.17, 15) is 18.0 Å². The summed E-state index contributed by atoms with van der Waals surface area (Å²) >= 11 is 0. The monoisotopic (exact) mass is 374 g/mol. The number of anilines is 1. The summed E-state index contributed by atoms with van der Waals surface area (Å²) in [5.41, 5.74) is 1.81. The Labute approximate surface area is 151 Å². The summed E-state index contributed by atoms with van der Waals surface area (Å²) in [6.07, 6.45) is -0.114. The number of amides is 2. The van der Waals surface area contributed by atoms with E-state index < -0.39 is 22.0 Å². The van der Waals surface area contributed by atoms with Crippen molar-refractivity contribution in [2.75, 3.05) is 11.4 Å². The molecule has 8 heteroatoms. The van der Waals surface area contributed by atoms with Crippen molar-refractivity contribution in [1.82, 2.24) is 4.72 Å². The number of hydrogen-bond donors (Lipinski definition) is 1. The minimum Gasteiger partial charge on any atom is -0.444 e. The van der Waals surface area contributed by atoms with Gasteiger partial charge < -0.3 is 4.74 Å². The molecule has 0 saturated carbocycles. The number of benzene rings is 2. The second-order valence-electron chi connectivity index (χ2n) is 5.87. The van der Waals surface area contributed by atoms with Gasteiger partial charge in [0.25, 0.3) is 10.0 Å². The van der Waals surface area contributed by atoms with Crippen molar-refractivity contribution in [3.63, 3.8) is 0 Å². The van der Waals surface area contributed by atoms with Crippen LogP contribution in [-0.2, 0) is 32.6 Å². The van der Waals surface area contributed by atoms with Crippen molar-refractivity contribution in [3.05, 3.63) is 59.7 Å². The van der Waals surface area contributed by atoms with Crippen molar-refractivity contribution in [2.24, 2.45) is 0 Å². The Bertz CT molecular complexity index is 941. The molecule has 2 aromatic carbocycles. The summed E-state index contributed by atoms with van der Waals surface area (Å²) in [5.74, 6) is -0.696. The van der Waals surface area contributed by atoms with Crippen molar-refractivity contribution in [1.29, 1.82) is 0 Å². The van der Waals surface area contributed by atoms with E-state index in [4.69, 9.17) is 4.74 Å². The molecular formula is C18H18N2O5S. The summed E-state index contributed by atoms with van der Waals surface area (Å²) in [4.78, 5) is 24.9. The molecule has 2 aromatic rings. The number of ether oxygens (including phenoxy) is 1. The Hall–Kier alpha value is -2.87. The van der Waals surface area contributed by atoms with Gasteiger partial charge >= 0.3 is 6.09 Å². The van der Waals surface area contributed by atoms with Crippen LogP contribution in [0.5, 0.6) is 0 Å². The van der Waals surface area contributed by atoms with Gasteiger partial charge in [-0.1, -0.05) is 42.5 Å². The van der Waals surface area contributed by atoms with E-state index in [-0.39, 0.29) is 17.2 Å². The van der Waals surface area contributed by atoms with Crippen LogP contribution >= 0.6 is 0 Å². The number of hydrogen-bond acceptors (Lipinski definition) is 5. The molecule has 0 unspecified atom stereocenters. The molecule has 0 aliphatic carbocycles. The van der Waals surface area contributed by atoms with E-state index in [1.807, 2.05) is 35.1 Å². The van der Waals surface area contributed by atoms with Gasteiger partial charge in [-0.2, -0.15) is 0 Å². The second-order valence-corrected chi connectivity index (χ2v) is 7.52. The van der Waals surface area contributed by atoms with Crippen LogP contribution in [-0.4, -0.2) is 27.0 Å². The topological polar surface area (TPSA) is 92.8 Å². The number of fused-ring (bicyclic) bond motifs is 1. The summed E-state index contributed by atoms with van der Waals surface area (Å²) < 4.78 is 32.1. The van der Waals surface area contributed by atoms with Gasteiger partial charge in [0.15, 0.2) is 0 Å². The molecule has 0 bridgehead atoms. The predicted molar refractivity (Wildman–Crippen MR) is 95.1 cm³/mol. The number of nitrogens with zero attached hydrogens (tertiary/aromatic N) is 1. The number of sulfonamides is 1. The van der Waals surface area contributed by atoms with E-state index in [1.54, 1.807) is 12.1 Å². The molecule has 1 aliphatic rings. The average molecular weight is 374 g/mol. The van der Waals surface area contributed by atoms with E-state index in [2.05, 4.69) is 0 Å². The van der Waals surface area contributed by atoms with Crippen LogP contribution in [0, 0.1) is 0 Å². The highest BCUT2D eigenvalue weighted by atomic mass is 32.2.